The molecule has 4 nitrogen and oxygen atoms in total. The fourth-order valence-corrected chi connectivity index (χ4v) is 1.41. The molecule has 0 atom stereocenters. The summed E-state index contributed by atoms with van der Waals surface area (Å²) in [7, 11) is 0. The molecule has 1 heterocycles. The van der Waals surface area contributed by atoms with Gasteiger partial charge in [-0.15, -0.1) is 0 Å². The molecule has 0 aromatic carbocycles. The molecule has 1 amide bonds. The van der Waals surface area contributed by atoms with Crippen molar-refractivity contribution in [3.63, 3.8) is 0 Å². The second kappa shape index (κ2) is 7.34. The summed E-state index contributed by atoms with van der Waals surface area (Å²) in [6.45, 7) is 13.2. The zero-order valence-corrected chi connectivity index (χ0v) is 13.5. The monoisotopic (exact) mass is 286 g/mol. The number of carbonyl (C=O) groups is 1. The first-order valence-electron chi connectivity index (χ1n) is 6.33. The minimum Gasteiger partial charge on any atom is -0.444 e. The van der Waals surface area contributed by atoms with E-state index in [0.717, 1.165) is 11.1 Å². The van der Waals surface area contributed by atoms with Crippen molar-refractivity contribution in [3.05, 3.63) is 22.3 Å². The van der Waals surface area contributed by atoms with E-state index in [1.165, 1.54) is 0 Å². The van der Waals surface area contributed by atoms with Crippen LogP contribution in [0.1, 0.15) is 45.7 Å². The average molecular weight is 287 g/mol. The zero-order chi connectivity index (χ0) is 15.2. The molecule has 0 aliphatic rings. The maximum Gasteiger partial charge on any atom is 0.413 e. The highest BCUT2D eigenvalue weighted by atomic mass is 35.5. The lowest BCUT2D eigenvalue weighted by Gasteiger charge is -2.19. The van der Waals surface area contributed by atoms with Crippen molar-refractivity contribution >= 4 is 23.5 Å². The van der Waals surface area contributed by atoms with Gasteiger partial charge in [0.05, 0.1) is 0 Å². The second-order valence-corrected chi connectivity index (χ2v) is 5.23. The van der Waals surface area contributed by atoms with Crippen LogP contribution in [0.4, 0.5) is 10.6 Å². The Morgan fingerprint density at radius 3 is 2.26 bits per heavy atom. The smallest absolute Gasteiger partial charge is 0.413 e. The molecule has 1 aromatic rings. The third-order valence-electron chi connectivity index (χ3n) is 2.10. The fraction of sp³-hybridized carbons (Fsp3) is 0.571. The van der Waals surface area contributed by atoms with Gasteiger partial charge in [-0.1, -0.05) is 25.4 Å². The zero-order valence-electron chi connectivity index (χ0n) is 12.7. The molecular formula is C14H23ClN2O2. The van der Waals surface area contributed by atoms with Crippen LogP contribution in [-0.2, 0) is 4.74 Å². The average Bonchev–Trinajstić information content (AvgIpc) is 2.25. The lowest BCUT2D eigenvalue weighted by Crippen LogP contribution is -2.27. The lowest BCUT2D eigenvalue weighted by atomic mass is 10.2. The van der Waals surface area contributed by atoms with Gasteiger partial charge in [-0.25, -0.2) is 9.78 Å². The number of carbonyl (C=O) groups excluding carboxylic acids is 1. The first-order valence-corrected chi connectivity index (χ1v) is 6.70. The maximum atomic E-state index is 11.5. The number of hydrogen-bond acceptors (Lipinski definition) is 3. The van der Waals surface area contributed by atoms with E-state index in [4.69, 9.17) is 16.3 Å². The number of ether oxygens (including phenoxy) is 1. The molecule has 0 aliphatic heterocycles. The Balaban J connectivity index is 0.00000154. The Kier molecular flexibility index (Phi) is 6.84. The molecule has 19 heavy (non-hydrogen) atoms. The van der Waals surface area contributed by atoms with Crippen molar-refractivity contribution in [2.45, 2.75) is 54.1 Å². The van der Waals surface area contributed by atoms with Crippen LogP contribution in [0.3, 0.4) is 0 Å². The normalized spacial score (nSPS) is 10.3. The van der Waals surface area contributed by atoms with Crippen LogP contribution < -0.4 is 5.32 Å². The number of amides is 1. The van der Waals surface area contributed by atoms with Crippen molar-refractivity contribution in [3.8, 4) is 0 Å². The van der Waals surface area contributed by atoms with Crippen LogP contribution in [0.15, 0.2) is 6.07 Å². The molecule has 0 saturated heterocycles. The van der Waals surface area contributed by atoms with Gasteiger partial charge in [-0.2, -0.15) is 0 Å². The van der Waals surface area contributed by atoms with Crippen molar-refractivity contribution in [2.24, 2.45) is 0 Å². The van der Waals surface area contributed by atoms with Crippen LogP contribution >= 0.6 is 11.6 Å². The molecule has 0 saturated carbocycles. The van der Waals surface area contributed by atoms with Crippen LogP contribution in [0.2, 0.25) is 5.15 Å². The molecule has 1 N–H and O–H groups in total. The van der Waals surface area contributed by atoms with Gasteiger partial charge in [0, 0.05) is 0 Å². The standard InChI is InChI=1S/C12H17ClN2O2.C2H6/c1-7-6-9(14-10(13)8(7)2)15-11(16)17-12(3,4)5;1-2/h6H,1-5H3,(H,14,15,16);1-2H3. The minimum atomic E-state index is -0.538. The first-order chi connectivity index (χ1) is 8.69. The Morgan fingerprint density at radius 1 is 1.32 bits per heavy atom. The highest BCUT2D eigenvalue weighted by molar-refractivity contribution is 6.30. The van der Waals surface area contributed by atoms with Crippen molar-refractivity contribution in [2.75, 3.05) is 5.32 Å². The Morgan fingerprint density at radius 2 is 1.84 bits per heavy atom. The van der Waals surface area contributed by atoms with E-state index < -0.39 is 11.7 Å². The molecule has 0 spiro atoms. The lowest BCUT2D eigenvalue weighted by molar-refractivity contribution is 0.0635. The Bertz CT molecular complexity index is 417. The predicted octanol–water partition coefficient (Wildman–Crippen LogP) is 4.73. The van der Waals surface area contributed by atoms with Crippen molar-refractivity contribution < 1.29 is 9.53 Å². The summed E-state index contributed by atoms with van der Waals surface area (Å²) in [6.07, 6.45) is -0.538. The predicted molar refractivity (Wildman–Crippen MR) is 79.9 cm³/mol. The highest BCUT2D eigenvalue weighted by Crippen LogP contribution is 2.20. The molecule has 1 rings (SSSR count). The quantitative estimate of drug-likeness (QED) is 0.760. The van der Waals surface area contributed by atoms with Crippen LogP contribution in [0, 0.1) is 13.8 Å². The van der Waals surface area contributed by atoms with Gasteiger partial charge in [0.2, 0.25) is 0 Å². The van der Waals surface area contributed by atoms with Gasteiger partial charge < -0.3 is 4.74 Å². The number of rotatable bonds is 1. The first kappa shape index (κ1) is 17.7. The number of aromatic nitrogens is 1. The van der Waals surface area contributed by atoms with Crippen LogP contribution in [0.25, 0.3) is 0 Å². The molecule has 0 radical (unpaired) electrons. The number of halogens is 1. The van der Waals surface area contributed by atoms with Crippen molar-refractivity contribution in [1.82, 2.24) is 4.98 Å². The summed E-state index contributed by atoms with van der Waals surface area (Å²) in [5.74, 6) is 0.396. The van der Waals surface area contributed by atoms with E-state index in [2.05, 4.69) is 10.3 Å². The second-order valence-electron chi connectivity index (χ2n) is 4.87. The number of nitrogens with one attached hydrogen (secondary N) is 1. The topological polar surface area (TPSA) is 51.2 Å². The molecule has 1 aromatic heterocycles. The SMILES string of the molecule is CC.Cc1cc(NC(=O)OC(C)(C)C)nc(Cl)c1C. The van der Waals surface area contributed by atoms with Gasteiger partial charge in [0.25, 0.3) is 0 Å². The summed E-state index contributed by atoms with van der Waals surface area (Å²) < 4.78 is 5.12. The molecule has 0 bridgehead atoms. The third kappa shape index (κ3) is 6.43. The van der Waals surface area contributed by atoms with E-state index in [1.54, 1.807) is 26.8 Å². The third-order valence-corrected chi connectivity index (χ3v) is 2.47. The molecule has 108 valence electrons. The van der Waals surface area contributed by atoms with Gasteiger partial charge in [-0.3, -0.25) is 5.32 Å². The summed E-state index contributed by atoms with van der Waals surface area (Å²) in [5.41, 5.74) is 1.34. The molecule has 0 unspecified atom stereocenters. The number of hydrogen-bond donors (Lipinski definition) is 1. The van der Waals surface area contributed by atoms with Crippen LogP contribution in [-0.4, -0.2) is 16.7 Å². The summed E-state index contributed by atoms with van der Waals surface area (Å²) >= 11 is 5.93. The number of pyridine rings is 1. The number of anilines is 1. The molecule has 0 aliphatic carbocycles. The Hall–Kier alpha value is -1.29. The Labute approximate surface area is 120 Å². The minimum absolute atomic E-state index is 0.385. The van der Waals surface area contributed by atoms with Gasteiger partial charge >= 0.3 is 6.09 Å². The van der Waals surface area contributed by atoms with Crippen molar-refractivity contribution in [1.29, 1.82) is 0 Å². The maximum absolute atomic E-state index is 11.5. The summed E-state index contributed by atoms with van der Waals surface area (Å²) in [5, 5.41) is 2.94. The largest absolute Gasteiger partial charge is 0.444 e. The molecule has 5 heteroatoms. The summed E-state index contributed by atoms with van der Waals surface area (Å²) in [6, 6.07) is 1.76. The van der Waals surface area contributed by atoms with Gasteiger partial charge in [-0.05, 0) is 51.8 Å². The van der Waals surface area contributed by atoms with E-state index in [-0.39, 0.29) is 0 Å². The van der Waals surface area contributed by atoms with Crippen LogP contribution in [0.5, 0.6) is 0 Å². The van der Waals surface area contributed by atoms with E-state index >= 15 is 0 Å². The molecule has 0 fully saturated rings. The fourth-order valence-electron chi connectivity index (χ4n) is 1.17. The van der Waals surface area contributed by atoms with Gasteiger partial charge in [0.15, 0.2) is 0 Å². The number of nitrogens with zero attached hydrogens (tertiary/aromatic N) is 1. The van der Waals surface area contributed by atoms with Gasteiger partial charge in [0.1, 0.15) is 16.6 Å². The highest BCUT2D eigenvalue weighted by Gasteiger charge is 2.17. The number of aryl methyl sites for hydroxylation is 1. The van der Waals surface area contributed by atoms with E-state index in [9.17, 15) is 4.79 Å². The van der Waals surface area contributed by atoms with E-state index in [1.807, 2.05) is 27.7 Å². The van der Waals surface area contributed by atoms with E-state index in [0.29, 0.717) is 11.0 Å². The summed E-state index contributed by atoms with van der Waals surface area (Å²) in [4.78, 5) is 15.6. The molecular weight excluding hydrogens is 264 g/mol.